The highest BCUT2D eigenvalue weighted by Crippen LogP contribution is 2.28. The van der Waals surface area contributed by atoms with Crippen LogP contribution in [0.3, 0.4) is 0 Å². The Morgan fingerprint density at radius 3 is 2.47 bits per heavy atom. The topological polar surface area (TPSA) is 67.3 Å². The van der Waals surface area contributed by atoms with Crippen molar-refractivity contribution in [3.05, 3.63) is 97.3 Å². The standard InChI is InChI=1S/C25H28ClN3O3/c1-32-22-7-8-23(26)20(14-22)13-18-9-11-28(12-10-18)17-21-15-24(30)29(25(31)27-21)16-19-5-3-2-4-6-19/h2-8,14-15,18H,9-13,16-17H2,1H3,(H,27,31). The van der Waals surface area contributed by atoms with Gasteiger partial charge in [-0.3, -0.25) is 14.3 Å². The molecule has 0 aliphatic carbocycles. The maximum absolute atomic E-state index is 12.5. The molecular weight excluding hydrogens is 426 g/mol. The Bertz CT molecular complexity index is 1130. The zero-order valence-electron chi connectivity index (χ0n) is 18.2. The number of ether oxygens (including phenoxy) is 1. The molecule has 0 amide bonds. The molecule has 1 fully saturated rings. The van der Waals surface area contributed by atoms with Crippen molar-refractivity contribution in [3.63, 3.8) is 0 Å². The Hall–Kier alpha value is -2.83. The summed E-state index contributed by atoms with van der Waals surface area (Å²) in [7, 11) is 1.66. The number of benzene rings is 2. The largest absolute Gasteiger partial charge is 0.497 e. The van der Waals surface area contributed by atoms with Crippen LogP contribution in [0.1, 0.15) is 29.7 Å². The Labute approximate surface area is 192 Å². The van der Waals surface area contributed by atoms with Gasteiger partial charge in [0.15, 0.2) is 0 Å². The predicted octanol–water partition coefficient (Wildman–Crippen LogP) is 3.70. The van der Waals surface area contributed by atoms with Crippen molar-refractivity contribution >= 4 is 11.6 Å². The molecule has 1 N–H and O–H groups in total. The van der Waals surface area contributed by atoms with Gasteiger partial charge in [-0.1, -0.05) is 41.9 Å². The minimum atomic E-state index is -0.362. The van der Waals surface area contributed by atoms with Gasteiger partial charge in [0.05, 0.1) is 13.7 Å². The number of nitrogens with one attached hydrogen (secondary N) is 1. The molecule has 1 aromatic heterocycles. The molecule has 1 saturated heterocycles. The van der Waals surface area contributed by atoms with Crippen LogP contribution in [-0.2, 0) is 19.5 Å². The van der Waals surface area contributed by atoms with Crippen LogP contribution in [0.2, 0.25) is 5.02 Å². The van der Waals surface area contributed by atoms with Crippen molar-refractivity contribution < 1.29 is 4.74 Å². The van der Waals surface area contributed by atoms with Crippen molar-refractivity contribution in [2.24, 2.45) is 5.92 Å². The SMILES string of the molecule is COc1ccc(Cl)c(CC2CCN(Cc3cc(=O)n(Cc4ccccc4)c(=O)[nH]3)CC2)c1. The highest BCUT2D eigenvalue weighted by molar-refractivity contribution is 6.31. The summed E-state index contributed by atoms with van der Waals surface area (Å²) in [6.07, 6.45) is 3.02. The second kappa shape index (κ2) is 10.2. The minimum absolute atomic E-state index is 0.268. The average molecular weight is 454 g/mol. The van der Waals surface area contributed by atoms with Gasteiger partial charge in [-0.15, -0.1) is 0 Å². The zero-order chi connectivity index (χ0) is 22.5. The monoisotopic (exact) mass is 453 g/mol. The highest BCUT2D eigenvalue weighted by Gasteiger charge is 2.21. The van der Waals surface area contributed by atoms with Crippen molar-refractivity contribution in [1.29, 1.82) is 0 Å². The molecule has 0 bridgehead atoms. The predicted molar refractivity (Wildman–Crippen MR) is 127 cm³/mol. The number of hydrogen-bond donors (Lipinski definition) is 1. The van der Waals surface area contributed by atoms with Crippen molar-refractivity contribution in [3.8, 4) is 5.75 Å². The molecule has 0 spiro atoms. The van der Waals surface area contributed by atoms with E-state index in [1.807, 2.05) is 48.5 Å². The number of rotatable bonds is 7. The summed E-state index contributed by atoms with van der Waals surface area (Å²) in [6.45, 7) is 2.68. The van der Waals surface area contributed by atoms with Crippen LogP contribution in [-0.4, -0.2) is 34.7 Å². The smallest absolute Gasteiger partial charge is 0.328 e. The molecule has 7 heteroatoms. The first-order valence-electron chi connectivity index (χ1n) is 10.9. The maximum Gasteiger partial charge on any atom is 0.328 e. The van der Waals surface area contributed by atoms with Gasteiger partial charge in [-0.2, -0.15) is 0 Å². The molecule has 2 aromatic carbocycles. The Morgan fingerprint density at radius 2 is 1.78 bits per heavy atom. The van der Waals surface area contributed by atoms with E-state index >= 15 is 0 Å². The summed E-state index contributed by atoms with van der Waals surface area (Å²) in [5.74, 6) is 1.38. The van der Waals surface area contributed by atoms with E-state index in [-0.39, 0.29) is 17.8 Å². The van der Waals surface area contributed by atoms with Crippen LogP contribution < -0.4 is 16.0 Å². The summed E-state index contributed by atoms with van der Waals surface area (Å²) >= 11 is 6.37. The molecule has 6 nitrogen and oxygen atoms in total. The van der Waals surface area contributed by atoms with Crippen LogP contribution in [0.5, 0.6) is 5.75 Å². The van der Waals surface area contributed by atoms with Crippen LogP contribution in [0.25, 0.3) is 0 Å². The third kappa shape index (κ3) is 5.50. The van der Waals surface area contributed by atoms with Crippen molar-refractivity contribution in [1.82, 2.24) is 14.5 Å². The second-order valence-electron chi connectivity index (χ2n) is 8.39. The summed E-state index contributed by atoms with van der Waals surface area (Å²) in [6, 6.07) is 16.9. The van der Waals surface area contributed by atoms with Crippen LogP contribution >= 0.6 is 11.6 Å². The summed E-state index contributed by atoms with van der Waals surface area (Å²) in [5, 5.41) is 0.780. The number of hydrogen-bond acceptors (Lipinski definition) is 4. The summed E-state index contributed by atoms with van der Waals surface area (Å²) in [4.78, 5) is 30.2. The molecule has 0 saturated carbocycles. The number of aromatic amines is 1. The molecule has 168 valence electrons. The van der Waals surface area contributed by atoms with Gasteiger partial charge >= 0.3 is 5.69 Å². The van der Waals surface area contributed by atoms with Crippen LogP contribution in [0, 0.1) is 5.92 Å². The van der Waals surface area contributed by atoms with E-state index in [0.717, 1.165) is 54.3 Å². The fourth-order valence-electron chi connectivity index (χ4n) is 4.30. The lowest BCUT2D eigenvalue weighted by atomic mass is 9.90. The first-order chi connectivity index (χ1) is 15.5. The van der Waals surface area contributed by atoms with E-state index in [1.165, 1.54) is 4.57 Å². The van der Waals surface area contributed by atoms with Gasteiger partial charge in [-0.05, 0) is 67.6 Å². The maximum atomic E-state index is 12.5. The van der Waals surface area contributed by atoms with E-state index in [1.54, 1.807) is 13.2 Å². The Kier molecular flexibility index (Phi) is 7.12. The minimum Gasteiger partial charge on any atom is -0.497 e. The molecule has 1 aliphatic heterocycles. The van der Waals surface area contributed by atoms with Gasteiger partial charge in [0.25, 0.3) is 5.56 Å². The van der Waals surface area contributed by atoms with Gasteiger partial charge in [0.1, 0.15) is 5.75 Å². The molecular formula is C25H28ClN3O3. The fraction of sp³-hybridized carbons (Fsp3) is 0.360. The van der Waals surface area contributed by atoms with E-state index < -0.39 is 0 Å². The van der Waals surface area contributed by atoms with Gasteiger partial charge in [-0.25, -0.2) is 4.79 Å². The lowest BCUT2D eigenvalue weighted by Gasteiger charge is -2.32. The average Bonchev–Trinajstić information content (AvgIpc) is 2.80. The van der Waals surface area contributed by atoms with E-state index in [4.69, 9.17) is 16.3 Å². The number of aromatic nitrogens is 2. The lowest BCUT2D eigenvalue weighted by Crippen LogP contribution is -2.38. The van der Waals surface area contributed by atoms with Crippen molar-refractivity contribution in [2.75, 3.05) is 20.2 Å². The van der Waals surface area contributed by atoms with Crippen LogP contribution in [0.4, 0.5) is 0 Å². The number of methoxy groups -OCH3 is 1. The fourth-order valence-corrected chi connectivity index (χ4v) is 4.50. The normalized spacial score (nSPS) is 15.1. The molecule has 32 heavy (non-hydrogen) atoms. The molecule has 2 heterocycles. The molecule has 0 unspecified atom stereocenters. The van der Waals surface area contributed by atoms with Gasteiger partial charge in [0.2, 0.25) is 0 Å². The van der Waals surface area contributed by atoms with Crippen molar-refractivity contribution in [2.45, 2.75) is 32.4 Å². The van der Waals surface area contributed by atoms with Gasteiger partial charge in [0, 0.05) is 23.3 Å². The summed E-state index contributed by atoms with van der Waals surface area (Å²) < 4.78 is 6.56. The zero-order valence-corrected chi connectivity index (χ0v) is 19.0. The second-order valence-corrected chi connectivity index (χ2v) is 8.80. The first kappa shape index (κ1) is 22.4. The molecule has 3 aromatic rings. The number of piperidine rings is 1. The highest BCUT2D eigenvalue weighted by atomic mass is 35.5. The molecule has 0 radical (unpaired) electrons. The number of H-pyrrole nitrogens is 1. The van der Waals surface area contributed by atoms with Gasteiger partial charge < -0.3 is 9.72 Å². The number of likely N-dealkylation sites (tertiary alicyclic amines) is 1. The number of nitrogens with zero attached hydrogens (tertiary/aromatic N) is 2. The third-order valence-electron chi connectivity index (χ3n) is 6.12. The van der Waals surface area contributed by atoms with Crippen LogP contribution in [0.15, 0.2) is 64.2 Å². The van der Waals surface area contributed by atoms with E-state index in [0.29, 0.717) is 18.2 Å². The Morgan fingerprint density at radius 1 is 1.03 bits per heavy atom. The quantitative estimate of drug-likeness (QED) is 0.592. The molecule has 4 rings (SSSR count). The third-order valence-corrected chi connectivity index (χ3v) is 6.49. The number of halogens is 1. The molecule has 0 atom stereocenters. The van der Waals surface area contributed by atoms with E-state index in [9.17, 15) is 9.59 Å². The lowest BCUT2D eigenvalue weighted by molar-refractivity contribution is 0.175. The van der Waals surface area contributed by atoms with E-state index in [2.05, 4.69) is 9.88 Å². The molecule has 1 aliphatic rings. The summed E-state index contributed by atoms with van der Waals surface area (Å²) in [5.41, 5.74) is 2.08. The first-order valence-corrected chi connectivity index (χ1v) is 11.3. The Balaban J connectivity index is 1.35.